The fourth-order valence-electron chi connectivity index (χ4n) is 4.56. The summed E-state index contributed by atoms with van der Waals surface area (Å²) in [6, 6.07) is 4.47. The van der Waals surface area contributed by atoms with Crippen molar-refractivity contribution in [2.24, 2.45) is 7.05 Å². The van der Waals surface area contributed by atoms with Gasteiger partial charge in [-0.25, -0.2) is 4.39 Å². The molecule has 0 atom stereocenters. The van der Waals surface area contributed by atoms with Crippen LogP contribution in [0.25, 0.3) is 10.9 Å². The quantitative estimate of drug-likeness (QED) is 0.782. The maximum atomic E-state index is 14.0. The summed E-state index contributed by atoms with van der Waals surface area (Å²) < 4.78 is 15.8. The molecule has 1 aromatic heterocycles. The van der Waals surface area contributed by atoms with Gasteiger partial charge in [0.05, 0.1) is 11.2 Å². The Morgan fingerprint density at radius 2 is 1.87 bits per heavy atom. The van der Waals surface area contributed by atoms with Crippen molar-refractivity contribution in [3.63, 3.8) is 0 Å². The number of rotatable bonds is 6. The second-order valence-electron chi connectivity index (χ2n) is 8.10. The summed E-state index contributed by atoms with van der Waals surface area (Å²) in [5, 5.41) is 3.62. The number of anilines is 1. The molecule has 2 aliphatic heterocycles. The molecule has 2 aliphatic rings. The predicted octanol–water partition coefficient (Wildman–Crippen LogP) is 1.81. The molecule has 2 saturated heterocycles. The molecule has 3 heterocycles. The molecule has 8 heteroatoms. The molecule has 30 heavy (non-hydrogen) atoms. The van der Waals surface area contributed by atoms with E-state index in [1.807, 2.05) is 0 Å². The van der Waals surface area contributed by atoms with Crippen molar-refractivity contribution in [1.82, 2.24) is 19.7 Å². The molecule has 2 fully saturated rings. The number of aryl methyl sites for hydroxylation is 1. The van der Waals surface area contributed by atoms with Crippen LogP contribution in [0.3, 0.4) is 0 Å². The Bertz CT molecular complexity index is 949. The molecule has 1 aromatic carbocycles. The van der Waals surface area contributed by atoms with E-state index in [4.69, 9.17) is 0 Å². The van der Waals surface area contributed by atoms with E-state index >= 15 is 0 Å². The van der Waals surface area contributed by atoms with Crippen LogP contribution in [0.2, 0.25) is 0 Å². The fourth-order valence-corrected chi connectivity index (χ4v) is 4.56. The number of fused-ring (bicyclic) bond motifs is 1. The third-order valence-corrected chi connectivity index (χ3v) is 6.32. The third kappa shape index (κ3) is 3.94. The minimum atomic E-state index is -0.376. The summed E-state index contributed by atoms with van der Waals surface area (Å²) in [5.74, 6) is -0.621. The Hall–Kier alpha value is -2.45. The van der Waals surface area contributed by atoms with Crippen molar-refractivity contribution < 1.29 is 14.0 Å². The van der Waals surface area contributed by atoms with E-state index in [1.54, 1.807) is 22.6 Å². The first-order valence-corrected chi connectivity index (χ1v) is 10.8. The highest BCUT2D eigenvalue weighted by Gasteiger charge is 2.31. The van der Waals surface area contributed by atoms with Gasteiger partial charge in [0.1, 0.15) is 11.5 Å². The van der Waals surface area contributed by atoms with Gasteiger partial charge >= 0.3 is 0 Å². The Labute approximate surface area is 176 Å². The summed E-state index contributed by atoms with van der Waals surface area (Å²) in [6.45, 7) is 9.25. The van der Waals surface area contributed by atoms with Crippen molar-refractivity contribution in [2.45, 2.75) is 19.8 Å². The van der Waals surface area contributed by atoms with Gasteiger partial charge in [0.15, 0.2) is 0 Å². The lowest BCUT2D eigenvalue weighted by molar-refractivity contribution is -0.117. The number of carbonyl (C=O) groups is 2. The largest absolute Gasteiger partial charge is 0.349 e. The van der Waals surface area contributed by atoms with Crippen LogP contribution in [0.15, 0.2) is 18.2 Å². The van der Waals surface area contributed by atoms with Gasteiger partial charge in [0, 0.05) is 64.7 Å². The van der Waals surface area contributed by atoms with E-state index in [-0.39, 0.29) is 17.6 Å². The van der Waals surface area contributed by atoms with Gasteiger partial charge < -0.3 is 19.7 Å². The van der Waals surface area contributed by atoms with Crippen LogP contribution in [0.5, 0.6) is 0 Å². The van der Waals surface area contributed by atoms with Gasteiger partial charge in [-0.15, -0.1) is 0 Å². The second-order valence-corrected chi connectivity index (χ2v) is 8.10. The number of halogens is 1. The first kappa shape index (κ1) is 20.8. The van der Waals surface area contributed by atoms with Crippen molar-refractivity contribution in [3.05, 3.63) is 29.7 Å². The van der Waals surface area contributed by atoms with E-state index in [0.29, 0.717) is 36.3 Å². The molecule has 2 amide bonds. The average Bonchev–Trinajstić information content (AvgIpc) is 3.28. The number of hydrogen-bond donors (Lipinski definition) is 1. The topological polar surface area (TPSA) is 60.8 Å². The van der Waals surface area contributed by atoms with Crippen molar-refractivity contribution in [3.8, 4) is 0 Å². The van der Waals surface area contributed by atoms with Crippen LogP contribution in [0, 0.1) is 5.82 Å². The van der Waals surface area contributed by atoms with Gasteiger partial charge in [-0.3, -0.25) is 14.5 Å². The number of piperazine rings is 1. The Balaban J connectivity index is 1.53. The fraction of sp³-hybridized carbons (Fsp3) is 0.545. The van der Waals surface area contributed by atoms with E-state index in [9.17, 15) is 14.0 Å². The predicted molar refractivity (Wildman–Crippen MR) is 115 cm³/mol. The van der Waals surface area contributed by atoms with E-state index in [1.165, 1.54) is 12.1 Å². The van der Waals surface area contributed by atoms with Gasteiger partial charge in [-0.05, 0) is 31.2 Å². The molecule has 1 N–H and O–H groups in total. The van der Waals surface area contributed by atoms with Crippen LogP contribution in [0.1, 0.15) is 30.3 Å². The Morgan fingerprint density at radius 1 is 1.13 bits per heavy atom. The summed E-state index contributed by atoms with van der Waals surface area (Å²) in [6.07, 6.45) is 1.20. The molecule has 0 spiro atoms. The van der Waals surface area contributed by atoms with Crippen LogP contribution >= 0.6 is 0 Å². The average molecular weight is 416 g/mol. The van der Waals surface area contributed by atoms with Crippen LogP contribution in [0.4, 0.5) is 10.1 Å². The summed E-state index contributed by atoms with van der Waals surface area (Å²) >= 11 is 0. The van der Waals surface area contributed by atoms with E-state index in [2.05, 4.69) is 22.0 Å². The summed E-state index contributed by atoms with van der Waals surface area (Å²) in [7, 11) is 1.79. The second kappa shape index (κ2) is 8.73. The third-order valence-electron chi connectivity index (χ3n) is 6.32. The highest BCUT2D eigenvalue weighted by Crippen LogP contribution is 2.36. The highest BCUT2D eigenvalue weighted by atomic mass is 19.1. The van der Waals surface area contributed by atoms with E-state index < -0.39 is 0 Å². The molecule has 0 radical (unpaired) electrons. The number of amides is 2. The van der Waals surface area contributed by atoms with Crippen LogP contribution in [-0.2, 0) is 11.8 Å². The number of hydrogen-bond acceptors (Lipinski definition) is 4. The number of nitrogens with zero attached hydrogens (tertiary/aromatic N) is 4. The summed E-state index contributed by atoms with van der Waals surface area (Å²) in [5.41, 5.74) is 1.69. The van der Waals surface area contributed by atoms with Gasteiger partial charge in [-0.1, -0.05) is 6.92 Å². The molecule has 0 aliphatic carbocycles. The first-order chi connectivity index (χ1) is 14.5. The standard InChI is InChI=1S/C22H30FN5O2/c1-3-26-11-13-27(14-12-26)10-8-24-22(30)21-20(28-9-4-5-19(28)29)17-15-16(23)6-7-18(17)25(21)2/h6-7,15H,3-5,8-14H2,1-2H3,(H,24,30). The van der Waals surface area contributed by atoms with E-state index in [0.717, 1.165) is 51.2 Å². The molecule has 162 valence electrons. The molecule has 0 unspecified atom stereocenters. The highest BCUT2D eigenvalue weighted by molar-refractivity contribution is 6.14. The number of benzene rings is 1. The normalized spacial score (nSPS) is 18.5. The Morgan fingerprint density at radius 3 is 2.53 bits per heavy atom. The number of nitrogens with one attached hydrogen (secondary N) is 1. The minimum Gasteiger partial charge on any atom is -0.349 e. The summed E-state index contributed by atoms with van der Waals surface area (Å²) in [4.78, 5) is 32.0. The molecular formula is C22H30FN5O2. The van der Waals surface area contributed by atoms with Gasteiger partial charge in [-0.2, -0.15) is 0 Å². The zero-order valence-electron chi connectivity index (χ0n) is 17.8. The van der Waals surface area contributed by atoms with Crippen molar-refractivity contribution in [2.75, 3.05) is 57.3 Å². The maximum Gasteiger partial charge on any atom is 0.270 e. The zero-order chi connectivity index (χ0) is 21.3. The smallest absolute Gasteiger partial charge is 0.270 e. The molecule has 4 rings (SSSR count). The molecular weight excluding hydrogens is 385 g/mol. The number of aromatic nitrogens is 1. The molecule has 0 bridgehead atoms. The first-order valence-electron chi connectivity index (χ1n) is 10.8. The van der Waals surface area contributed by atoms with Gasteiger partial charge in [0.25, 0.3) is 5.91 Å². The lowest BCUT2D eigenvalue weighted by Crippen LogP contribution is -2.48. The zero-order valence-corrected chi connectivity index (χ0v) is 17.8. The van der Waals surface area contributed by atoms with Crippen LogP contribution < -0.4 is 10.2 Å². The lowest BCUT2D eigenvalue weighted by Gasteiger charge is -2.33. The monoisotopic (exact) mass is 415 g/mol. The Kier molecular flexibility index (Phi) is 6.06. The van der Waals surface area contributed by atoms with Crippen LogP contribution in [-0.4, -0.2) is 78.5 Å². The lowest BCUT2D eigenvalue weighted by atomic mass is 10.2. The number of carbonyl (C=O) groups excluding carboxylic acids is 2. The number of likely N-dealkylation sites (N-methyl/N-ethyl adjacent to an activating group) is 1. The van der Waals surface area contributed by atoms with Crippen molar-refractivity contribution >= 4 is 28.4 Å². The molecule has 7 nitrogen and oxygen atoms in total. The van der Waals surface area contributed by atoms with Gasteiger partial charge in [0.2, 0.25) is 5.91 Å². The molecule has 0 saturated carbocycles. The minimum absolute atomic E-state index is 0.0189. The molecule has 2 aromatic rings. The maximum absolute atomic E-state index is 14.0. The SMILES string of the molecule is CCN1CCN(CCNC(=O)c2c(N3CCCC3=O)c3cc(F)ccc3n2C)CC1. The van der Waals surface area contributed by atoms with Crippen molar-refractivity contribution in [1.29, 1.82) is 0 Å².